The van der Waals surface area contributed by atoms with Crippen LogP contribution >= 0.6 is 0 Å². The lowest BCUT2D eigenvalue weighted by Gasteiger charge is -2.03. The number of nitrogen functional groups attached to an aromatic ring is 1. The predicted molar refractivity (Wildman–Crippen MR) is 81.0 cm³/mol. The van der Waals surface area contributed by atoms with Crippen molar-refractivity contribution in [3.8, 4) is 0 Å². The highest BCUT2D eigenvalue weighted by molar-refractivity contribution is 6.08. The third-order valence-electron chi connectivity index (χ3n) is 3.29. The molecule has 0 atom stereocenters. The summed E-state index contributed by atoms with van der Waals surface area (Å²) in [6.45, 7) is 4.14. The molecular weight excluding hydrogens is 268 g/mol. The highest BCUT2D eigenvalue weighted by Gasteiger charge is 2.23. The van der Waals surface area contributed by atoms with E-state index < -0.39 is 5.97 Å². The average molecular weight is 282 g/mol. The van der Waals surface area contributed by atoms with Gasteiger partial charge in [-0.3, -0.25) is 0 Å². The molecule has 0 aliphatic carbocycles. The monoisotopic (exact) mass is 282 g/mol. The van der Waals surface area contributed by atoms with Gasteiger partial charge >= 0.3 is 5.97 Å². The minimum absolute atomic E-state index is 0.243. The second kappa shape index (κ2) is 4.90. The number of para-hydroxylation sites is 2. The van der Waals surface area contributed by atoms with E-state index in [9.17, 15) is 4.79 Å². The number of aromatic nitrogens is 3. The number of benzene rings is 1. The van der Waals surface area contributed by atoms with Crippen molar-refractivity contribution in [3.05, 3.63) is 42.5 Å². The Labute approximate surface area is 120 Å². The van der Waals surface area contributed by atoms with Gasteiger partial charge in [-0.25, -0.2) is 14.8 Å². The van der Waals surface area contributed by atoms with Gasteiger partial charge in [-0.2, -0.15) is 0 Å². The van der Waals surface area contributed by atoms with E-state index in [4.69, 9.17) is 10.5 Å². The molecule has 0 unspecified atom stereocenters. The van der Waals surface area contributed by atoms with Crippen molar-refractivity contribution >= 4 is 34.0 Å². The van der Waals surface area contributed by atoms with Gasteiger partial charge in [0, 0.05) is 6.54 Å². The SMILES string of the molecule is C=CCn1c(N)c(C(=O)OC)c2nc3ccccc3nc21. The largest absolute Gasteiger partial charge is 0.465 e. The zero-order valence-electron chi connectivity index (χ0n) is 11.5. The van der Waals surface area contributed by atoms with E-state index in [0.717, 1.165) is 5.52 Å². The Morgan fingerprint density at radius 1 is 1.38 bits per heavy atom. The van der Waals surface area contributed by atoms with Gasteiger partial charge in [-0.15, -0.1) is 6.58 Å². The first-order valence-corrected chi connectivity index (χ1v) is 6.41. The fraction of sp³-hybridized carbons (Fsp3) is 0.133. The maximum absolute atomic E-state index is 12.0. The van der Waals surface area contributed by atoms with Crippen LogP contribution in [0.2, 0.25) is 0 Å². The lowest BCUT2D eigenvalue weighted by atomic mass is 10.2. The quantitative estimate of drug-likeness (QED) is 0.588. The number of nitrogens with zero attached hydrogens (tertiary/aromatic N) is 3. The summed E-state index contributed by atoms with van der Waals surface area (Å²) in [4.78, 5) is 21.1. The Morgan fingerprint density at radius 2 is 2.05 bits per heavy atom. The topological polar surface area (TPSA) is 83.0 Å². The second-order valence-corrected chi connectivity index (χ2v) is 4.54. The molecule has 3 rings (SSSR count). The molecule has 6 nitrogen and oxygen atoms in total. The maximum atomic E-state index is 12.0. The fourth-order valence-electron chi connectivity index (χ4n) is 2.33. The van der Waals surface area contributed by atoms with E-state index in [-0.39, 0.29) is 11.4 Å². The smallest absolute Gasteiger partial charge is 0.343 e. The van der Waals surface area contributed by atoms with Gasteiger partial charge in [0.15, 0.2) is 5.65 Å². The molecule has 2 heterocycles. The lowest BCUT2D eigenvalue weighted by Crippen LogP contribution is -2.07. The van der Waals surface area contributed by atoms with Crippen LogP contribution in [0, 0.1) is 0 Å². The van der Waals surface area contributed by atoms with Gasteiger partial charge in [0.2, 0.25) is 0 Å². The molecule has 6 heteroatoms. The van der Waals surface area contributed by atoms with Crippen LogP contribution in [0.25, 0.3) is 22.2 Å². The summed E-state index contributed by atoms with van der Waals surface area (Å²) in [5.41, 5.74) is 8.75. The molecule has 0 spiro atoms. The van der Waals surface area contributed by atoms with Crippen LogP contribution in [0.4, 0.5) is 5.82 Å². The molecule has 0 saturated carbocycles. The Balaban J connectivity index is 2.45. The minimum Gasteiger partial charge on any atom is -0.465 e. The van der Waals surface area contributed by atoms with E-state index in [0.29, 0.717) is 23.2 Å². The zero-order valence-corrected chi connectivity index (χ0v) is 11.5. The lowest BCUT2D eigenvalue weighted by molar-refractivity contribution is 0.0604. The van der Waals surface area contributed by atoms with Gasteiger partial charge < -0.3 is 15.0 Å². The van der Waals surface area contributed by atoms with Crippen molar-refractivity contribution in [2.75, 3.05) is 12.8 Å². The summed E-state index contributed by atoms with van der Waals surface area (Å²) in [5.74, 6) is -0.239. The first-order valence-electron chi connectivity index (χ1n) is 6.41. The number of carbonyl (C=O) groups excluding carboxylic acids is 1. The van der Waals surface area contributed by atoms with Crippen molar-refractivity contribution in [2.45, 2.75) is 6.54 Å². The molecule has 0 aliphatic heterocycles. The van der Waals surface area contributed by atoms with Crippen LogP contribution in [-0.2, 0) is 11.3 Å². The number of rotatable bonds is 3. The van der Waals surface area contributed by atoms with Crippen LogP contribution < -0.4 is 5.73 Å². The average Bonchev–Trinajstić information content (AvgIpc) is 2.77. The highest BCUT2D eigenvalue weighted by Crippen LogP contribution is 2.28. The summed E-state index contributed by atoms with van der Waals surface area (Å²) in [5, 5.41) is 0. The standard InChI is InChI=1S/C15H14N4O2/c1-3-8-19-13(16)11(15(20)21-2)12-14(19)18-10-7-5-4-6-9(10)17-12/h3-7H,1,8,16H2,2H3. The maximum Gasteiger partial charge on any atom is 0.343 e. The van der Waals surface area contributed by atoms with Gasteiger partial charge in [0.25, 0.3) is 0 Å². The summed E-state index contributed by atoms with van der Waals surface area (Å²) in [7, 11) is 1.31. The summed E-state index contributed by atoms with van der Waals surface area (Å²) < 4.78 is 6.51. The van der Waals surface area contributed by atoms with Crippen LogP contribution in [0.5, 0.6) is 0 Å². The van der Waals surface area contributed by atoms with Crippen LogP contribution in [0.3, 0.4) is 0 Å². The number of anilines is 1. The molecule has 0 bridgehead atoms. The zero-order chi connectivity index (χ0) is 15.0. The van der Waals surface area contributed by atoms with Gasteiger partial charge in [-0.05, 0) is 12.1 Å². The van der Waals surface area contributed by atoms with Gasteiger partial charge in [0.05, 0.1) is 18.1 Å². The number of nitrogens with two attached hydrogens (primary N) is 1. The molecule has 0 aliphatic rings. The van der Waals surface area contributed by atoms with Crippen molar-refractivity contribution < 1.29 is 9.53 Å². The number of methoxy groups -OCH3 is 1. The summed E-state index contributed by atoms with van der Waals surface area (Å²) in [6, 6.07) is 7.45. The Hall–Kier alpha value is -2.89. The minimum atomic E-state index is -0.523. The first kappa shape index (κ1) is 13.1. The van der Waals surface area contributed by atoms with E-state index in [2.05, 4.69) is 16.5 Å². The molecule has 3 aromatic rings. The number of ether oxygens (including phenoxy) is 1. The van der Waals surface area contributed by atoms with E-state index in [1.807, 2.05) is 24.3 Å². The number of fused-ring (bicyclic) bond motifs is 2. The van der Waals surface area contributed by atoms with Gasteiger partial charge in [0.1, 0.15) is 16.9 Å². The van der Waals surface area contributed by atoms with Gasteiger partial charge in [-0.1, -0.05) is 18.2 Å². The number of allylic oxidation sites excluding steroid dienone is 1. The molecule has 0 fully saturated rings. The van der Waals surface area contributed by atoms with Crippen LogP contribution in [-0.4, -0.2) is 27.6 Å². The van der Waals surface area contributed by atoms with Crippen molar-refractivity contribution in [1.29, 1.82) is 0 Å². The molecule has 106 valence electrons. The van der Waals surface area contributed by atoms with E-state index >= 15 is 0 Å². The number of hydrogen-bond acceptors (Lipinski definition) is 5. The normalized spacial score (nSPS) is 10.9. The Morgan fingerprint density at radius 3 is 2.67 bits per heavy atom. The second-order valence-electron chi connectivity index (χ2n) is 4.54. The molecular formula is C15H14N4O2. The van der Waals surface area contributed by atoms with Crippen LogP contribution in [0.15, 0.2) is 36.9 Å². The highest BCUT2D eigenvalue weighted by atomic mass is 16.5. The molecule has 0 radical (unpaired) electrons. The molecule has 0 saturated heterocycles. The third kappa shape index (κ3) is 1.92. The van der Waals surface area contributed by atoms with Crippen molar-refractivity contribution in [2.24, 2.45) is 0 Å². The van der Waals surface area contributed by atoms with Crippen LogP contribution in [0.1, 0.15) is 10.4 Å². The Bertz CT molecular complexity index is 867. The van der Waals surface area contributed by atoms with E-state index in [1.165, 1.54) is 7.11 Å². The molecule has 0 amide bonds. The summed E-state index contributed by atoms with van der Waals surface area (Å²) >= 11 is 0. The molecule has 2 aromatic heterocycles. The fourth-order valence-corrected chi connectivity index (χ4v) is 2.33. The van der Waals surface area contributed by atoms with Crippen molar-refractivity contribution in [3.63, 3.8) is 0 Å². The third-order valence-corrected chi connectivity index (χ3v) is 3.29. The van der Waals surface area contributed by atoms with Crippen molar-refractivity contribution in [1.82, 2.24) is 14.5 Å². The summed E-state index contributed by atoms with van der Waals surface area (Å²) in [6.07, 6.45) is 1.69. The van der Waals surface area contributed by atoms with E-state index in [1.54, 1.807) is 10.6 Å². The molecule has 2 N–H and O–H groups in total. The number of esters is 1. The predicted octanol–water partition coefficient (Wildman–Crippen LogP) is 2.14. The number of hydrogen-bond donors (Lipinski definition) is 1. The molecule has 21 heavy (non-hydrogen) atoms. The molecule has 1 aromatic carbocycles. The Kier molecular flexibility index (Phi) is 3.06. The number of carbonyl (C=O) groups is 1. The first-order chi connectivity index (χ1) is 10.2.